The first-order chi connectivity index (χ1) is 9.83. The van der Waals surface area contributed by atoms with Gasteiger partial charge in [0.1, 0.15) is 17.4 Å². The van der Waals surface area contributed by atoms with E-state index in [2.05, 4.69) is 10.6 Å². The summed E-state index contributed by atoms with van der Waals surface area (Å²) in [5, 5.41) is 7.13. The second-order valence-corrected chi connectivity index (χ2v) is 4.87. The number of rotatable bonds is 4. The Morgan fingerprint density at radius 2 is 2.24 bits per heavy atom. The van der Waals surface area contributed by atoms with Gasteiger partial charge in [-0.1, -0.05) is 18.2 Å². The predicted octanol–water partition coefficient (Wildman–Crippen LogP) is 1.50. The van der Waals surface area contributed by atoms with Gasteiger partial charge in [-0.15, -0.1) is 12.4 Å². The molecule has 3 rings (SSSR count). The highest BCUT2D eigenvalue weighted by Crippen LogP contribution is 2.18. The number of para-hydroxylation sites is 1. The van der Waals surface area contributed by atoms with Gasteiger partial charge in [-0.25, -0.2) is 0 Å². The molecule has 1 aliphatic rings. The zero-order valence-electron chi connectivity index (χ0n) is 11.6. The maximum atomic E-state index is 11.9. The molecule has 2 N–H and O–H groups in total. The van der Waals surface area contributed by atoms with Crippen molar-refractivity contribution in [2.45, 2.75) is 12.5 Å². The average molecular weight is 311 g/mol. The van der Waals surface area contributed by atoms with Crippen molar-refractivity contribution in [1.82, 2.24) is 10.6 Å². The Morgan fingerprint density at radius 3 is 3.00 bits per heavy atom. The molecule has 5 nitrogen and oxygen atoms in total. The molecule has 1 aliphatic heterocycles. The summed E-state index contributed by atoms with van der Waals surface area (Å²) in [6, 6.07) is 9.68. The second-order valence-electron chi connectivity index (χ2n) is 4.87. The largest absolute Gasteiger partial charge is 0.461 e. The van der Waals surface area contributed by atoms with E-state index in [1.54, 1.807) is 0 Å². The van der Waals surface area contributed by atoms with Gasteiger partial charge < -0.3 is 19.8 Å². The Balaban J connectivity index is 0.00000161. The molecule has 0 spiro atoms. The zero-order valence-corrected chi connectivity index (χ0v) is 12.4. The highest BCUT2D eigenvalue weighted by atomic mass is 35.5. The van der Waals surface area contributed by atoms with Crippen LogP contribution in [0.25, 0.3) is 11.0 Å². The van der Waals surface area contributed by atoms with Crippen molar-refractivity contribution in [2.75, 3.05) is 26.3 Å². The lowest BCUT2D eigenvalue weighted by atomic mass is 10.2. The normalized spacial score (nSPS) is 18.2. The number of carbonyl (C=O) groups is 1. The molecule has 0 radical (unpaired) electrons. The number of hydrogen-bond acceptors (Lipinski definition) is 4. The summed E-state index contributed by atoms with van der Waals surface area (Å²) in [6.07, 6.45) is 0.688. The summed E-state index contributed by atoms with van der Waals surface area (Å²) in [7, 11) is 0. The van der Waals surface area contributed by atoms with E-state index >= 15 is 0 Å². The fraction of sp³-hybridized carbons (Fsp3) is 0.400. The number of halogens is 1. The van der Waals surface area contributed by atoms with Crippen molar-refractivity contribution in [3.05, 3.63) is 36.1 Å². The monoisotopic (exact) mass is 310 g/mol. The molecule has 1 saturated heterocycles. The van der Waals surface area contributed by atoms with Gasteiger partial charge in [0.05, 0.1) is 13.2 Å². The number of hydrogen-bond donors (Lipinski definition) is 2. The number of nitrogens with one attached hydrogen (secondary N) is 2. The molecule has 0 aliphatic carbocycles. The summed E-state index contributed by atoms with van der Waals surface area (Å²) >= 11 is 0. The lowest BCUT2D eigenvalue weighted by Gasteiger charge is -2.22. The minimum atomic E-state index is -0.237. The van der Waals surface area contributed by atoms with Crippen LogP contribution >= 0.6 is 12.4 Å². The Kier molecular flexibility index (Phi) is 5.61. The van der Waals surface area contributed by atoms with Gasteiger partial charge in [0, 0.05) is 24.9 Å². The number of morpholine rings is 1. The summed E-state index contributed by atoms with van der Waals surface area (Å²) in [5.74, 6) is 0.875. The van der Waals surface area contributed by atoms with Crippen LogP contribution in [-0.2, 0) is 16.0 Å². The maximum absolute atomic E-state index is 11.9. The molecule has 1 amide bonds. The van der Waals surface area contributed by atoms with Crippen molar-refractivity contribution in [2.24, 2.45) is 0 Å². The minimum absolute atomic E-state index is 0. The van der Waals surface area contributed by atoms with Crippen molar-refractivity contribution >= 4 is 29.3 Å². The van der Waals surface area contributed by atoms with E-state index in [1.165, 1.54) is 0 Å². The Bertz CT molecular complexity index is 560. The highest BCUT2D eigenvalue weighted by Gasteiger charge is 2.20. The van der Waals surface area contributed by atoms with E-state index in [0.29, 0.717) is 26.2 Å². The van der Waals surface area contributed by atoms with Crippen LogP contribution in [0.15, 0.2) is 34.7 Å². The third-order valence-electron chi connectivity index (χ3n) is 3.39. The SMILES string of the molecule is Cl.O=C(NCCc1cc2ccccc2o1)C1COCCN1. The predicted molar refractivity (Wildman–Crippen MR) is 82.8 cm³/mol. The van der Waals surface area contributed by atoms with E-state index in [-0.39, 0.29) is 24.4 Å². The molecular weight excluding hydrogens is 292 g/mol. The number of ether oxygens (including phenoxy) is 1. The van der Waals surface area contributed by atoms with Gasteiger partial charge in [-0.3, -0.25) is 4.79 Å². The van der Waals surface area contributed by atoms with Crippen LogP contribution in [0.1, 0.15) is 5.76 Å². The molecular formula is C15H19ClN2O3. The first-order valence-corrected chi connectivity index (χ1v) is 6.89. The Hall–Kier alpha value is -1.56. The molecule has 1 aromatic carbocycles. The quantitative estimate of drug-likeness (QED) is 0.898. The van der Waals surface area contributed by atoms with Crippen LogP contribution in [-0.4, -0.2) is 38.3 Å². The van der Waals surface area contributed by atoms with Gasteiger partial charge in [0.15, 0.2) is 0 Å². The fourth-order valence-corrected chi connectivity index (χ4v) is 2.33. The maximum Gasteiger partial charge on any atom is 0.239 e. The number of furan rings is 1. The van der Waals surface area contributed by atoms with Gasteiger partial charge in [0.2, 0.25) is 5.91 Å². The van der Waals surface area contributed by atoms with Gasteiger partial charge in [-0.2, -0.15) is 0 Å². The lowest BCUT2D eigenvalue weighted by molar-refractivity contribution is -0.125. The molecule has 1 unspecified atom stereocenters. The number of carbonyl (C=O) groups excluding carboxylic acids is 1. The first-order valence-electron chi connectivity index (χ1n) is 6.89. The standard InChI is InChI=1S/C15H18N2O3.ClH/c18-15(13-10-19-8-7-16-13)17-6-5-12-9-11-3-1-2-4-14(11)20-12;/h1-4,9,13,16H,5-8,10H2,(H,17,18);1H. The van der Waals surface area contributed by atoms with Crippen LogP contribution in [0.3, 0.4) is 0 Å². The summed E-state index contributed by atoms with van der Waals surface area (Å²) in [4.78, 5) is 11.9. The number of fused-ring (bicyclic) bond motifs is 1. The second kappa shape index (κ2) is 7.45. The molecule has 0 saturated carbocycles. The minimum Gasteiger partial charge on any atom is -0.461 e. The summed E-state index contributed by atoms with van der Waals surface area (Å²) in [6.45, 7) is 2.40. The van der Waals surface area contributed by atoms with Gasteiger partial charge in [-0.05, 0) is 12.1 Å². The van der Waals surface area contributed by atoms with E-state index in [1.807, 2.05) is 30.3 Å². The molecule has 114 valence electrons. The molecule has 1 fully saturated rings. The summed E-state index contributed by atoms with van der Waals surface area (Å²) < 4.78 is 11.0. The van der Waals surface area contributed by atoms with E-state index in [9.17, 15) is 4.79 Å². The average Bonchev–Trinajstić information content (AvgIpc) is 2.90. The zero-order chi connectivity index (χ0) is 13.8. The third-order valence-corrected chi connectivity index (χ3v) is 3.39. The Labute approximate surface area is 129 Å². The molecule has 0 bridgehead atoms. The van der Waals surface area contributed by atoms with Crippen LogP contribution in [0.5, 0.6) is 0 Å². The third kappa shape index (κ3) is 3.97. The van der Waals surface area contributed by atoms with E-state index in [0.717, 1.165) is 23.3 Å². The highest BCUT2D eigenvalue weighted by molar-refractivity contribution is 5.85. The number of amides is 1. The molecule has 2 aromatic rings. The lowest BCUT2D eigenvalue weighted by Crippen LogP contribution is -2.51. The summed E-state index contributed by atoms with van der Waals surface area (Å²) in [5.41, 5.74) is 0.885. The first kappa shape index (κ1) is 15.8. The van der Waals surface area contributed by atoms with Crippen molar-refractivity contribution in [3.8, 4) is 0 Å². The van der Waals surface area contributed by atoms with Crippen molar-refractivity contribution < 1.29 is 13.9 Å². The van der Waals surface area contributed by atoms with E-state index in [4.69, 9.17) is 9.15 Å². The Morgan fingerprint density at radius 1 is 1.38 bits per heavy atom. The van der Waals surface area contributed by atoms with Crippen molar-refractivity contribution in [3.63, 3.8) is 0 Å². The molecule has 21 heavy (non-hydrogen) atoms. The van der Waals surface area contributed by atoms with Crippen LogP contribution in [0.2, 0.25) is 0 Å². The molecule has 6 heteroatoms. The van der Waals surface area contributed by atoms with Gasteiger partial charge >= 0.3 is 0 Å². The fourth-order valence-electron chi connectivity index (χ4n) is 2.33. The van der Waals surface area contributed by atoms with Gasteiger partial charge in [0.25, 0.3) is 0 Å². The molecule has 2 heterocycles. The molecule has 1 aromatic heterocycles. The smallest absolute Gasteiger partial charge is 0.239 e. The van der Waals surface area contributed by atoms with Crippen molar-refractivity contribution in [1.29, 1.82) is 0 Å². The van der Waals surface area contributed by atoms with Crippen LogP contribution in [0, 0.1) is 0 Å². The topological polar surface area (TPSA) is 63.5 Å². The van der Waals surface area contributed by atoms with Crippen LogP contribution in [0.4, 0.5) is 0 Å². The van der Waals surface area contributed by atoms with E-state index < -0.39 is 0 Å². The molecule has 1 atom stereocenters. The van der Waals surface area contributed by atoms with Crippen LogP contribution < -0.4 is 10.6 Å². The number of benzene rings is 1.